The molecule has 0 aliphatic heterocycles. The fraction of sp³-hybridized carbons (Fsp3) is 0.300. The Morgan fingerprint density at radius 1 is 1.12 bits per heavy atom. The van der Waals surface area contributed by atoms with Crippen LogP contribution >= 0.6 is 0 Å². The second-order valence-corrected chi connectivity index (χ2v) is 5.86. The van der Waals surface area contributed by atoms with Crippen LogP contribution in [0.1, 0.15) is 27.2 Å². The molecule has 0 bridgehead atoms. The fourth-order valence-corrected chi connectivity index (χ4v) is 2.54. The molecule has 0 saturated carbocycles. The second kappa shape index (κ2) is 7.38. The van der Waals surface area contributed by atoms with Crippen molar-refractivity contribution >= 4 is 10.9 Å². The summed E-state index contributed by atoms with van der Waals surface area (Å²) in [6.45, 7) is 6.55. The standard InChI is InChI=1S/C20H22N2O3/c1-4-13(3)25-17-11-10-14(12-18(17)24-5-2)19-21-16-9-7-6-8-15(16)20(23)22-19/h6-13H,4-5H2,1-3H3,(H,21,22,23). The lowest BCUT2D eigenvalue weighted by molar-refractivity contribution is 0.203. The summed E-state index contributed by atoms with van der Waals surface area (Å²) in [4.78, 5) is 19.7. The number of rotatable bonds is 6. The maximum absolute atomic E-state index is 12.3. The molecule has 1 unspecified atom stereocenters. The first kappa shape index (κ1) is 17.0. The molecule has 1 aromatic heterocycles. The Hall–Kier alpha value is -2.82. The van der Waals surface area contributed by atoms with Crippen LogP contribution in [0.15, 0.2) is 47.3 Å². The molecule has 25 heavy (non-hydrogen) atoms. The zero-order valence-corrected chi connectivity index (χ0v) is 14.7. The minimum Gasteiger partial charge on any atom is -0.490 e. The summed E-state index contributed by atoms with van der Waals surface area (Å²) in [5.41, 5.74) is 1.29. The van der Waals surface area contributed by atoms with Crippen LogP contribution in [0.3, 0.4) is 0 Å². The van der Waals surface area contributed by atoms with Crippen molar-refractivity contribution in [3.63, 3.8) is 0 Å². The number of fused-ring (bicyclic) bond motifs is 1. The smallest absolute Gasteiger partial charge is 0.259 e. The van der Waals surface area contributed by atoms with Crippen molar-refractivity contribution < 1.29 is 9.47 Å². The topological polar surface area (TPSA) is 64.2 Å². The van der Waals surface area contributed by atoms with Gasteiger partial charge in [-0.15, -0.1) is 0 Å². The Balaban J connectivity index is 2.05. The molecule has 0 saturated heterocycles. The van der Waals surface area contributed by atoms with Gasteiger partial charge in [0.15, 0.2) is 11.5 Å². The van der Waals surface area contributed by atoms with Gasteiger partial charge in [0.2, 0.25) is 0 Å². The summed E-state index contributed by atoms with van der Waals surface area (Å²) in [5, 5.41) is 0.577. The average Bonchev–Trinajstić information content (AvgIpc) is 2.63. The summed E-state index contributed by atoms with van der Waals surface area (Å²) in [5.74, 6) is 1.86. The number of nitrogens with one attached hydrogen (secondary N) is 1. The van der Waals surface area contributed by atoms with Crippen LogP contribution in [-0.4, -0.2) is 22.7 Å². The quantitative estimate of drug-likeness (QED) is 0.733. The molecule has 0 amide bonds. The molecule has 3 aromatic rings. The highest BCUT2D eigenvalue weighted by Gasteiger charge is 2.12. The molecule has 1 atom stereocenters. The third kappa shape index (κ3) is 3.65. The Kier molecular flexibility index (Phi) is 5.03. The summed E-state index contributed by atoms with van der Waals surface area (Å²) >= 11 is 0. The van der Waals surface area contributed by atoms with Crippen LogP contribution in [0.25, 0.3) is 22.3 Å². The van der Waals surface area contributed by atoms with Crippen molar-refractivity contribution in [2.75, 3.05) is 6.61 Å². The van der Waals surface area contributed by atoms with E-state index >= 15 is 0 Å². The third-order valence-corrected chi connectivity index (χ3v) is 4.03. The van der Waals surface area contributed by atoms with Crippen LogP contribution in [0.5, 0.6) is 11.5 Å². The molecule has 1 heterocycles. The molecule has 0 fully saturated rings. The van der Waals surface area contributed by atoms with Gasteiger partial charge in [-0.05, 0) is 50.6 Å². The predicted molar refractivity (Wildman–Crippen MR) is 99.3 cm³/mol. The molecular weight excluding hydrogens is 316 g/mol. The highest BCUT2D eigenvalue weighted by molar-refractivity contribution is 5.79. The summed E-state index contributed by atoms with van der Waals surface area (Å²) in [7, 11) is 0. The predicted octanol–water partition coefficient (Wildman–Crippen LogP) is 4.17. The zero-order chi connectivity index (χ0) is 17.8. The Labute approximate surface area is 146 Å². The minimum absolute atomic E-state index is 0.101. The molecule has 2 aromatic carbocycles. The van der Waals surface area contributed by atoms with E-state index in [2.05, 4.69) is 16.9 Å². The van der Waals surface area contributed by atoms with E-state index in [9.17, 15) is 4.79 Å². The second-order valence-electron chi connectivity index (χ2n) is 5.86. The summed E-state index contributed by atoms with van der Waals surface area (Å²) in [6, 6.07) is 12.9. The van der Waals surface area contributed by atoms with E-state index in [-0.39, 0.29) is 11.7 Å². The lowest BCUT2D eigenvalue weighted by atomic mass is 10.1. The molecule has 0 aliphatic rings. The van der Waals surface area contributed by atoms with Crippen LogP contribution in [-0.2, 0) is 0 Å². The number of hydrogen-bond donors (Lipinski definition) is 1. The van der Waals surface area contributed by atoms with Crippen molar-refractivity contribution in [1.29, 1.82) is 0 Å². The van der Waals surface area contributed by atoms with E-state index in [4.69, 9.17) is 9.47 Å². The lowest BCUT2D eigenvalue weighted by Gasteiger charge is -2.17. The van der Waals surface area contributed by atoms with E-state index in [0.717, 1.165) is 12.0 Å². The largest absolute Gasteiger partial charge is 0.490 e. The van der Waals surface area contributed by atoms with E-state index in [1.54, 1.807) is 6.07 Å². The van der Waals surface area contributed by atoms with Crippen LogP contribution in [0, 0.1) is 0 Å². The Morgan fingerprint density at radius 3 is 2.68 bits per heavy atom. The summed E-state index contributed by atoms with van der Waals surface area (Å²) < 4.78 is 11.6. The van der Waals surface area contributed by atoms with E-state index in [0.29, 0.717) is 34.8 Å². The molecule has 0 radical (unpaired) electrons. The first-order valence-corrected chi connectivity index (χ1v) is 8.55. The Bertz CT molecular complexity index is 934. The summed E-state index contributed by atoms with van der Waals surface area (Å²) in [6.07, 6.45) is 1.01. The van der Waals surface area contributed by atoms with Crippen LogP contribution in [0.4, 0.5) is 0 Å². The maximum Gasteiger partial charge on any atom is 0.259 e. The molecule has 1 N–H and O–H groups in total. The average molecular weight is 338 g/mol. The molecular formula is C20H22N2O3. The van der Waals surface area contributed by atoms with Crippen molar-refractivity contribution in [3.05, 3.63) is 52.8 Å². The highest BCUT2D eigenvalue weighted by Crippen LogP contribution is 2.32. The third-order valence-electron chi connectivity index (χ3n) is 4.03. The monoisotopic (exact) mass is 338 g/mol. The SMILES string of the molecule is CCOc1cc(-c2nc3ccccc3c(=O)[nH]2)ccc1OC(C)CC. The molecule has 3 rings (SSSR count). The number of aromatic amines is 1. The van der Waals surface area contributed by atoms with Gasteiger partial charge in [-0.2, -0.15) is 0 Å². The van der Waals surface area contributed by atoms with Crippen molar-refractivity contribution in [2.45, 2.75) is 33.3 Å². The van der Waals surface area contributed by atoms with Gasteiger partial charge in [0, 0.05) is 5.56 Å². The van der Waals surface area contributed by atoms with Crippen molar-refractivity contribution in [2.24, 2.45) is 0 Å². The van der Waals surface area contributed by atoms with Gasteiger partial charge in [0.25, 0.3) is 5.56 Å². The molecule has 130 valence electrons. The molecule has 5 heteroatoms. The molecule has 0 spiro atoms. The van der Waals surface area contributed by atoms with Gasteiger partial charge in [0.1, 0.15) is 5.82 Å². The van der Waals surface area contributed by atoms with Gasteiger partial charge in [0.05, 0.1) is 23.6 Å². The number of para-hydroxylation sites is 1. The van der Waals surface area contributed by atoms with Crippen molar-refractivity contribution in [3.8, 4) is 22.9 Å². The van der Waals surface area contributed by atoms with Crippen LogP contribution < -0.4 is 15.0 Å². The van der Waals surface area contributed by atoms with Gasteiger partial charge >= 0.3 is 0 Å². The number of benzene rings is 2. The number of H-pyrrole nitrogens is 1. The normalized spacial score (nSPS) is 12.1. The number of aromatic nitrogens is 2. The van der Waals surface area contributed by atoms with E-state index in [1.807, 2.05) is 50.2 Å². The lowest BCUT2D eigenvalue weighted by Crippen LogP contribution is -2.11. The van der Waals surface area contributed by atoms with E-state index in [1.165, 1.54) is 0 Å². The van der Waals surface area contributed by atoms with Gasteiger partial charge in [-0.3, -0.25) is 4.79 Å². The van der Waals surface area contributed by atoms with Gasteiger partial charge in [-0.1, -0.05) is 19.1 Å². The first-order chi connectivity index (χ1) is 12.1. The fourth-order valence-electron chi connectivity index (χ4n) is 2.54. The first-order valence-electron chi connectivity index (χ1n) is 8.55. The number of nitrogens with zero attached hydrogens (tertiary/aromatic N) is 1. The Morgan fingerprint density at radius 2 is 1.92 bits per heavy atom. The molecule has 5 nitrogen and oxygen atoms in total. The highest BCUT2D eigenvalue weighted by atomic mass is 16.5. The minimum atomic E-state index is -0.154. The number of ether oxygens (including phenoxy) is 2. The maximum atomic E-state index is 12.3. The van der Waals surface area contributed by atoms with Crippen LogP contribution in [0.2, 0.25) is 0 Å². The number of hydrogen-bond acceptors (Lipinski definition) is 4. The van der Waals surface area contributed by atoms with Gasteiger partial charge < -0.3 is 14.5 Å². The van der Waals surface area contributed by atoms with E-state index < -0.39 is 0 Å². The molecule has 0 aliphatic carbocycles. The van der Waals surface area contributed by atoms with Crippen molar-refractivity contribution in [1.82, 2.24) is 9.97 Å². The zero-order valence-electron chi connectivity index (χ0n) is 14.7. The van der Waals surface area contributed by atoms with Gasteiger partial charge in [-0.25, -0.2) is 4.98 Å².